The Bertz CT molecular complexity index is 288. The van der Waals surface area contributed by atoms with E-state index in [0.29, 0.717) is 18.9 Å². The van der Waals surface area contributed by atoms with E-state index in [0.717, 1.165) is 12.8 Å². The van der Waals surface area contributed by atoms with Crippen molar-refractivity contribution >= 4 is 12.0 Å². The zero-order chi connectivity index (χ0) is 13.0. The third kappa shape index (κ3) is 3.45. The van der Waals surface area contributed by atoms with Gasteiger partial charge in [0.2, 0.25) is 5.91 Å². The highest BCUT2D eigenvalue weighted by atomic mass is 16.6. The van der Waals surface area contributed by atoms with Crippen LogP contribution in [0.25, 0.3) is 0 Å². The van der Waals surface area contributed by atoms with Crippen molar-refractivity contribution in [1.82, 2.24) is 4.90 Å². The third-order valence-electron chi connectivity index (χ3n) is 3.25. The van der Waals surface area contributed by atoms with E-state index in [1.165, 1.54) is 4.90 Å². The fraction of sp³-hybridized carbons (Fsp3) is 0.846. The Hall–Kier alpha value is -1.06. The van der Waals surface area contributed by atoms with Gasteiger partial charge in [-0.05, 0) is 11.8 Å². The number of amides is 2. The second-order valence-electron chi connectivity index (χ2n) is 5.25. The van der Waals surface area contributed by atoms with Gasteiger partial charge >= 0.3 is 6.09 Å². The van der Waals surface area contributed by atoms with Gasteiger partial charge in [-0.25, -0.2) is 9.69 Å². The highest BCUT2D eigenvalue weighted by Crippen LogP contribution is 2.22. The van der Waals surface area contributed by atoms with E-state index in [2.05, 4.69) is 6.92 Å². The van der Waals surface area contributed by atoms with Gasteiger partial charge in [0, 0.05) is 6.42 Å². The predicted molar refractivity (Wildman–Crippen MR) is 65.5 cm³/mol. The number of ether oxygens (including phenoxy) is 1. The van der Waals surface area contributed by atoms with Crippen LogP contribution in [0.4, 0.5) is 4.79 Å². The molecule has 0 N–H and O–H groups in total. The Kier molecular flexibility index (Phi) is 4.97. The van der Waals surface area contributed by atoms with Crippen LogP contribution < -0.4 is 0 Å². The molecule has 0 radical (unpaired) electrons. The second kappa shape index (κ2) is 6.03. The SMILES string of the molecule is CCCC(C)CC(=O)N1C(=O)OCC1C(C)C. The zero-order valence-corrected chi connectivity index (χ0v) is 11.2. The molecule has 1 fully saturated rings. The van der Waals surface area contributed by atoms with Crippen LogP contribution in [0.1, 0.15) is 47.0 Å². The Morgan fingerprint density at radius 1 is 1.47 bits per heavy atom. The van der Waals surface area contributed by atoms with E-state index in [1.54, 1.807) is 0 Å². The molecule has 0 spiro atoms. The number of imide groups is 1. The van der Waals surface area contributed by atoms with Crippen LogP contribution >= 0.6 is 0 Å². The molecule has 0 saturated carbocycles. The molecule has 0 aromatic heterocycles. The molecule has 1 aliphatic heterocycles. The van der Waals surface area contributed by atoms with Gasteiger partial charge in [0.05, 0.1) is 6.04 Å². The van der Waals surface area contributed by atoms with E-state index in [9.17, 15) is 9.59 Å². The van der Waals surface area contributed by atoms with Gasteiger partial charge in [0.25, 0.3) is 0 Å². The van der Waals surface area contributed by atoms with Crippen LogP contribution in [0, 0.1) is 11.8 Å². The average molecular weight is 241 g/mol. The maximum absolute atomic E-state index is 12.1. The van der Waals surface area contributed by atoms with Gasteiger partial charge in [0.1, 0.15) is 6.61 Å². The van der Waals surface area contributed by atoms with Crippen molar-refractivity contribution < 1.29 is 14.3 Å². The summed E-state index contributed by atoms with van der Waals surface area (Å²) in [6.07, 6.45) is 2.04. The number of carbonyl (C=O) groups excluding carboxylic acids is 2. The fourth-order valence-corrected chi connectivity index (χ4v) is 2.20. The Morgan fingerprint density at radius 2 is 2.12 bits per heavy atom. The third-order valence-corrected chi connectivity index (χ3v) is 3.25. The number of rotatable bonds is 5. The van der Waals surface area contributed by atoms with Gasteiger partial charge in [-0.3, -0.25) is 4.79 Å². The number of hydrogen-bond acceptors (Lipinski definition) is 3. The molecule has 1 heterocycles. The number of hydrogen-bond donors (Lipinski definition) is 0. The fourth-order valence-electron chi connectivity index (χ4n) is 2.20. The molecule has 98 valence electrons. The molecule has 2 amide bonds. The normalized spacial score (nSPS) is 21.8. The molecule has 17 heavy (non-hydrogen) atoms. The van der Waals surface area contributed by atoms with E-state index in [1.807, 2.05) is 20.8 Å². The van der Waals surface area contributed by atoms with Crippen LogP contribution in [-0.2, 0) is 9.53 Å². The maximum atomic E-state index is 12.1. The van der Waals surface area contributed by atoms with Crippen LogP contribution in [0.2, 0.25) is 0 Å². The molecule has 1 aliphatic rings. The van der Waals surface area contributed by atoms with Gasteiger partial charge in [0.15, 0.2) is 0 Å². The van der Waals surface area contributed by atoms with Gasteiger partial charge in [-0.1, -0.05) is 40.5 Å². The molecule has 1 saturated heterocycles. The van der Waals surface area contributed by atoms with Crippen LogP contribution in [0.5, 0.6) is 0 Å². The molecular formula is C13H23NO3. The van der Waals surface area contributed by atoms with Crippen LogP contribution in [-0.4, -0.2) is 29.5 Å². The van der Waals surface area contributed by atoms with Crippen molar-refractivity contribution in [3.8, 4) is 0 Å². The summed E-state index contributed by atoms with van der Waals surface area (Å²) in [5, 5.41) is 0. The first kappa shape index (κ1) is 14.0. The molecular weight excluding hydrogens is 218 g/mol. The first-order valence-corrected chi connectivity index (χ1v) is 6.46. The van der Waals surface area contributed by atoms with Crippen molar-refractivity contribution in [1.29, 1.82) is 0 Å². The Balaban J connectivity index is 2.62. The molecule has 0 aromatic carbocycles. The number of carbonyl (C=O) groups is 2. The lowest BCUT2D eigenvalue weighted by molar-refractivity contribution is -0.130. The van der Waals surface area contributed by atoms with Crippen molar-refractivity contribution in [3.63, 3.8) is 0 Å². The number of nitrogens with zero attached hydrogens (tertiary/aromatic N) is 1. The Morgan fingerprint density at radius 3 is 2.65 bits per heavy atom. The van der Waals surface area contributed by atoms with Gasteiger partial charge < -0.3 is 4.74 Å². The molecule has 0 aliphatic carbocycles. The van der Waals surface area contributed by atoms with E-state index in [-0.39, 0.29) is 17.9 Å². The summed E-state index contributed by atoms with van der Waals surface area (Å²) < 4.78 is 4.97. The summed E-state index contributed by atoms with van der Waals surface area (Å²) in [6, 6.07) is -0.0937. The topological polar surface area (TPSA) is 46.6 Å². The van der Waals surface area contributed by atoms with Crippen LogP contribution in [0.15, 0.2) is 0 Å². The van der Waals surface area contributed by atoms with Crippen molar-refractivity contribution in [3.05, 3.63) is 0 Å². The predicted octanol–water partition coefficient (Wildman–Crippen LogP) is 2.82. The lowest BCUT2D eigenvalue weighted by Crippen LogP contribution is -2.42. The van der Waals surface area contributed by atoms with E-state index < -0.39 is 6.09 Å². The summed E-state index contributed by atoms with van der Waals surface area (Å²) in [5.74, 6) is 0.479. The monoisotopic (exact) mass is 241 g/mol. The second-order valence-corrected chi connectivity index (χ2v) is 5.25. The largest absolute Gasteiger partial charge is 0.447 e. The molecule has 0 bridgehead atoms. The summed E-state index contributed by atoms with van der Waals surface area (Å²) in [7, 11) is 0. The quantitative estimate of drug-likeness (QED) is 0.743. The molecule has 4 heteroatoms. The van der Waals surface area contributed by atoms with Crippen molar-refractivity contribution in [2.45, 2.75) is 53.0 Å². The standard InChI is InChI=1S/C13H23NO3/c1-5-6-10(4)7-12(15)14-11(9(2)3)8-17-13(14)16/h9-11H,5-8H2,1-4H3. The summed E-state index contributed by atoms with van der Waals surface area (Å²) >= 11 is 0. The molecule has 1 rings (SSSR count). The molecule has 0 aromatic rings. The number of cyclic esters (lactones) is 1. The van der Waals surface area contributed by atoms with Crippen molar-refractivity contribution in [2.24, 2.45) is 11.8 Å². The highest BCUT2D eigenvalue weighted by Gasteiger charge is 2.39. The minimum atomic E-state index is -0.475. The lowest BCUT2D eigenvalue weighted by atomic mass is 9.99. The van der Waals surface area contributed by atoms with Crippen LogP contribution in [0.3, 0.4) is 0 Å². The van der Waals surface area contributed by atoms with Crippen molar-refractivity contribution in [2.75, 3.05) is 6.61 Å². The zero-order valence-electron chi connectivity index (χ0n) is 11.2. The average Bonchev–Trinajstić information content (AvgIpc) is 2.60. The first-order chi connectivity index (χ1) is 7.97. The highest BCUT2D eigenvalue weighted by molar-refractivity contribution is 5.93. The maximum Gasteiger partial charge on any atom is 0.416 e. The molecule has 2 atom stereocenters. The van der Waals surface area contributed by atoms with Gasteiger partial charge in [-0.2, -0.15) is 0 Å². The first-order valence-electron chi connectivity index (χ1n) is 6.46. The lowest BCUT2D eigenvalue weighted by Gasteiger charge is -2.23. The van der Waals surface area contributed by atoms with E-state index >= 15 is 0 Å². The van der Waals surface area contributed by atoms with E-state index in [4.69, 9.17) is 4.74 Å². The minimum absolute atomic E-state index is 0.0906. The minimum Gasteiger partial charge on any atom is -0.447 e. The summed E-state index contributed by atoms with van der Waals surface area (Å²) in [4.78, 5) is 25.0. The Labute approximate surface area is 103 Å². The van der Waals surface area contributed by atoms with Gasteiger partial charge in [-0.15, -0.1) is 0 Å². The summed E-state index contributed by atoms with van der Waals surface area (Å²) in [6.45, 7) is 8.49. The molecule has 4 nitrogen and oxygen atoms in total. The smallest absolute Gasteiger partial charge is 0.416 e. The summed E-state index contributed by atoms with van der Waals surface area (Å²) in [5.41, 5.74) is 0. The molecule has 2 unspecified atom stereocenters.